The standard InChI is InChI=1S/C13H13ClF2N2O3/c14-8-2-1-7(5-8)6-17-13(19)11-9(15)3-4-10(12(11)16)18(20)21/h3-4,7-8H,1-2,5-6H2,(H,17,19). The molecule has 0 heterocycles. The van der Waals surface area contributed by atoms with Crippen LogP contribution in [-0.4, -0.2) is 22.8 Å². The zero-order chi connectivity index (χ0) is 15.6. The summed E-state index contributed by atoms with van der Waals surface area (Å²) in [5.74, 6) is -3.43. The largest absolute Gasteiger partial charge is 0.352 e. The third kappa shape index (κ3) is 3.47. The van der Waals surface area contributed by atoms with Crippen LogP contribution in [0.15, 0.2) is 12.1 Å². The van der Waals surface area contributed by atoms with E-state index in [0.717, 1.165) is 19.3 Å². The normalized spacial score (nSPS) is 21.3. The number of carbonyl (C=O) groups is 1. The third-order valence-electron chi connectivity index (χ3n) is 3.52. The van der Waals surface area contributed by atoms with Crippen LogP contribution in [0, 0.1) is 27.7 Å². The number of nitro benzene ring substituents is 1. The van der Waals surface area contributed by atoms with Gasteiger partial charge in [-0.3, -0.25) is 14.9 Å². The van der Waals surface area contributed by atoms with E-state index in [4.69, 9.17) is 11.6 Å². The summed E-state index contributed by atoms with van der Waals surface area (Å²) in [7, 11) is 0. The van der Waals surface area contributed by atoms with Gasteiger partial charge in [0.05, 0.1) is 4.92 Å². The van der Waals surface area contributed by atoms with Crippen LogP contribution in [0.5, 0.6) is 0 Å². The van der Waals surface area contributed by atoms with Crippen molar-refractivity contribution < 1.29 is 18.5 Å². The lowest BCUT2D eigenvalue weighted by molar-refractivity contribution is -0.387. The van der Waals surface area contributed by atoms with E-state index in [1.54, 1.807) is 0 Å². The van der Waals surface area contributed by atoms with Gasteiger partial charge in [0.2, 0.25) is 5.82 Å². The van der Waals surface area contributed by atoms with Gasteiger partial charge in [0.25, 0.3) is 5.91 Å². The first-order valence-corrected chi connectivity index (χ1v) is 6.88. The summed E-state index contributed by atoms with van der Waals surface area (Å²) >= 11 is 5.94. The molecule has 1 aliphatic rings. The molecular formula is C13H13ClF2N2O3. The van der Waals surface area contributed by atoms with E-state index < -0.39 is 33.7 Å². The Bertz CT molecular complexity index is 583. The van der Waals surface area contributed by atoms with Crippen LogP contribution in [0.1, 0.15) is 29.6 Å². The molecule has 0 bridgehead atoms. The van der Waals surface area contributed by atoms with Gasteiger partial charge in [-0.25, -0.2) is 4.39 Å². The molecular weight excluding hydrogens is 306 g/mol. The maximum absolute atomic E-state index is 13.8. The lowest BCUT2D eigenvalue weighted by atomic mass is 10.1. The summed E-state index contributed by atoms with van der Waals surface area (Å²) in [5.41, 5.74) is -1.85. The van der Waals surface area contributed by atoms with Crippen molar-refractivity contribution in [3.63, 3.8) is 0 Å². The van der Waals surface area contributed by atoms with Gasteiger partial charge in [-0.2, -0.15) is 4.39 Å². The predicted molar refractivity (Wildman–Crippen MR) is 72.3 cm³/mol. The highest BCUT2D eigenvalue weighted by Crippen LogP contribution is 2.29. The topological polar surface area (TPSA) is 72.2 Å². The molecule has 0 radical (unpaired) electrons. The van der Waals surface area contributed by atoms with E-state index in [9.17, 15) is 23.7 Å². The molecule has 1 amide bonds. The third-order valence-corrected chi connectivity index (χ3v) is 3.92. The first-order valence-electron chi connectivity index (χ1n) is 6.44. The Kier molecular flexibility index (Phi) is 4.72. The number of hydrogen-bond donors (Lipinski definition) is 1. The Morgan fingerprint density at radius 3 is 2.71 bits per heavy atom. The number of alkyl halides is 1. The lowest BCUT2D eigenvalue weighted by Crippen LogP contribution is -2.30. The fourth-order valence-electron chi connectivity index (χ4n) is 2.42. The highest BCUT2D eigenvalue weighted by Gasteiger charge is 2.28. The molecule has 2 atom stereocenters. The number of halogens is 3. The molecule has 5 nitrogen and oxygen atoms in total. The molecule has 1 aliphatic carbocycles. The van der Waals surface area contributed by atoms with Crippen LogP contribution in [-0.2, 0) is 0 Å². The SMILES string of the molecule is O=C(NCC1CCC(Cl)C1)c1c(F)ccc([N+](=O)[O-])c1F. The van der Waals surface area contributed by atoms with E-state index in [1.807, 2.05) is 0 Å². The van der Waals surface area contributed by atoms with Gasteiger partial charge in [-0.1, -0.05) is 0 Å². The average Bonchev–Trinajstić information content (AvgIpc) is 2.82. The summed E-state index contributed by atoms with van der Waals surface area (Å²) in [4.78, 5) is 21.5. The van der Waals surface area contributed by atoms with E-state index in [1.165, 1.54) is 0 Å². The summed E-state index contributed by atoms with van der Waals surface area (Å²) < 4.78 is 27.4. The first-order chi connectivity index (χ1) is 9.90. The molecule has 2 rings (SSSR count). The summed E-state index contributed by atoms with van der Waals surface area (Å²) in [6.07, 6.45) is 2.39. The highest BCUT2D eigenvalue weighted by molar-refractivity contribution is 6.20. The summed E-state index contributed by atoms with van der Waals surface area (Å²) in [6, 6.07) is 1.40. The molecule has 1 fully saturated rings. The van der Waals surface area contributed by atoms with Gasteiger partial charge < -0.3 is 5.32 Å². The van der Waals surface area contributed by atoms with Crippen molar-refractivity contribution in [3.05, 3.63) is 39.4 Å². The first kappa shape index (κ1) is 15.6. The van der Waals surface area contributed by atoms with Gasteiger partial charge in [0.1, 0.15) is 11.4 Å². The predicted octanol–water partition coefficient (Wildman–Crippen LogP) is 3.01. The van der Waals surface area contributed by atoms with Crippen molar-refractivity contribution >= 4 is 23.2 Å². The molecule has 8 heteroatoms. The Balaban J connectivity index is 2.11. The van der Waals surface area contributed by atoms with Crippen LogP contribution in [0.2, 0.25) is 0 Å². The van der Waals surface area contributed by atoms with Crippen molar-refractivity contribution in [1.29, 1.82) is 0 Å². The van der Waals surface area contributed by atoms with Crippen LogP contribution >= 0.6 is 11.6 Å². The van der Waals surface area contributed by atoms with Gasteiger partial charge in [0.15, 0.2) is 0 Å². The molecule has 0 spiro atoms. The number of amides is 1. The second-order valence-electron chi connectivity index (χ2n) is 5.00. The lowest BCUT2D eigenvalue weighted by Gasteiger charge is -2.11. The molecule has 0 saturated heterocycles. The molecule has 1 N–H and O–H groups in total. The molecule has 1 saturated carbocycles. The van der Waals surface area contributed by atoms with E-state index in [0.29, 0.717) is 12.1 Å². The fourth-order valence-corrected chi connectivity index (χ4v) is 2.79. The molecule has 0 aromatic heterocycles. The molecule has 0 aliphatic heterocycles. The monoisotopic (exact) mass is 318 g/mol. The van der Waals surface area contributed by atoms with Gasteiger partial charge in [-0.15, -0.1) is 11.6 Å². The van der Waals surface area contributed by atoms with Crippen LogP contribution < -0.4 is 5.32 Å². The van der Waals surface area contributed by atoms with Crippen molar-refractivity contribution in [2.24, 2.45) is 5.92 Å². The molecule has 1 aromatic carbocycles. The smallest absolute Gasteiger partial charge is 0.305 e. The Morgan fingerprint density at radius 1 is 1.43 bits per heavy atom. The van der Waals surface area contributed by atoms with E-state index in [2.05, 4.69) is 5.32 Å². The Labute approximate surface area is 124 Å². The van der Waals surface area contributed by atoms with Crippen LogP contribution in [0.3, 0.4) is 0 Å². The maximum atomic E-state index is 13.8. The molecule has 1 aromatic rings. The molecule has 2 unspecified atom stereocenters. The molecule has 114 valence electrons. The second-order valence-corrected chi connectivity index (χ2v) is 5.62. The minimum atomic E-state index is -1.46. The van der Waals surface area contributed by atoms with Gasteiger partial charge >= 0.3 is 5.69 Å². The number of nitrogens with one attached hydrogen (secondary N) is 1. The maximum Gasteiger partial charge on any atom is 0.305 e. The van der Waals surface area contributed by atoms with Gasteiger partial charge in [0, 0.05) is 18.0 Å². The minimum absolute atomic E-state index is 0.0539. The second kappa shape index (κ2) is 6.34. The number of nitro groups is 1. The molecule has 21 heavy (non-hydrogen) atoms. The number of carbonyl (C=O) groups excluding carboxylic acids is 1. The van der Waals surface area contributed by atoms with Crippen molar-refractivity contribution in [2.45, 2.75) is 24.6 Å². The van der Waals surface area contributed by atoms with Crippen molar-refractivity contribution in [2.75, 3.05) is 6.54 Å². The number of benzene rings is 1. The van der Waals surface area contributed by atoms with E-state index in [-0.39, 0.29) is 17.8 Å². The Hall–Kier alpha value is -1.76. The van der Waals surface area contributed by atoms with E-state index >= 15 is 0 Å². The zero-order valence-corrected chi connectivity index (χ0v) is 11.7. The van der Waals surface area contributed by atoms with Crippen LogP contribution in [0.25, 0.3) is 0 Å². The number of hydrogen-bond acceptors (Lipinski definition) is 3. The van der Waals surface area contributed by atoms with Gasteiger partial charge in [-0.05, 0) is 31.2 Å². The quantitative estimate of drug-likeness (QED) is 0.527. The van der Waals surface area contributed by atoms with Crippen molar-refractivity contribution in [3.8, 4) is 0 Å². The fraction of sp³-hybridized carbons (Fsp3) is 0.462. The van der Waals surface area contributed by atoms with Crippen LogP contribution in [0.4, 0.5) is 14.5 Å². The highest BCUT2D eigenvalue weighted by atomic mass is 35.5. The van der Waals surface area contributed by atoms with Crippen molar-refractivity contribution in [1.82, 2.24) is 5.32 Å². The summed E-state index contributed by atoms with van der Waals surface area (Å²) in [5, 5.41) is 13.1. The zero-order valence-electron chi connectivity index (χ0n) is 10.9. The number of rotatable bonds is 4. The number of nitrogens with zero attached hydrogens (tertiary/aromatic N) is 1. The Morgan fingerprint density at radius 2 is 2.14 bits per heavy atom. The average molecular weight is 319 g/mol. The minimum Gasteiger partial charge on any atom is -0.352 e. The summed E-state index contributed by atoms with van der Waals surface area (Å²) in [6.45, 7) is 0.240.